The molecule has 2 heterocycles. The number of aryl methyl sites for hydroxylation is 2. The van der Waals surface area contributed by atoms with E-state index >= 15 is 0 Å². The molecule has 1 unspecified atom stereocenters. The van der Waals surface area contributed by atoms with Crippen LogP contribution in [0.15, 0.2) is 78.8 Å². The third kappa shape index (κ3) is 4.55. The Bertz CT molecular complexity index is 1300. The number of esters is 1. The maximum Gasteiger partial charge on any atom is 0.374 e. The van der Waals surface area contributed by atoms with Crippen molar-refractivity contribution in [1.82, 2.24) is 4.98 Å². The zero-order valence-corrected chi connectivity index (χ0v) is 19.4. The molecule has 0 radical (unpaired) electrons. The summed E-state index contributed by atoms with van der Waals surface area (Å²) in [7, 11) is 0. The molecule has 0 saturated carbocycles. The van der Waals surface area contributed by atoms with E-state index in [4.69, 9.17) is 9.47 Å². The summed E-state index contributed by atoms with van der Waals surface area (Å²) in [5, 5.41) is 11.2. The van der Waals surface area contributed by atoms with Crippen molar-refractivity contribution in [1.29, 1.82) is 0 Å². The third-order valence-corrected chi connectivity index (χ3v) is 6.03. The number of rotatable bonds is 8. The molecule has 0 N–H and O–H groups in total. The monoisotopic (exact) mass is 472 g/mol. The average molecular weight is 472 g/mol. The van der Waals surface area contributed by atoms with Gasteiger partial charge in [0.2, 0.25) is 17.1 Å². The summed E-state index contributed by atoms with van der Waals surface area (Å²) in [4.78, 5) is 40.9. The standard InChI is InChI=1S/C27H24N2O6/c1-3-19-7-8-22(14-20(19)4-2)27(21-9-11-23(12-10-21)29(32)33)25(30)15-24(35-27)26(31)34-17-18-6-5-13-28-16-18/h5-16H,3-4,17H2,1-2H3. The Morgan fingerprint density at radius 2 is 1.77 bits per heavy atom. The summed E-state index contributed by atoms with van der Waals surface area (Å²) in [6.07, 6.45) is 5.89. The zero-order valence-electron chi connectivity index (χ0n) is 19.4. The molecule has 0 bridgehead atoms. The van der Waals surface area contributed by atoms with E-state index < -0.39 is 22.3 Å². The molecule has 8 heteroatoms. The number of pyridine rings is 1. The third-order valence-electron chi connectivity index (χ3n) is 6.03. The molecule has 1 aromatic heterocycles. The lowest BCUT2D eigenvalue weighted by molar-refractivity contribution is -0.384. The van der Waals surface area contributed by atoms with Crippen molar-refractivity contribution in [3.63, 3.8) is 0 Å². The van der Waals surface area contributed by atoms with Gasteiger partial charge in [0.05, 0.1) is 4.92 Å². The number of hydrogen-bond acceptors (Lipinski definition) is 7. The fourth-order valence-electron chi connectivity index (χ4n) is 4.18. The molecule has 0 saturated heterocycles. The first-order valence-electron chi connectivity index (χ1n) is 11.3. The van der Waals surface area contributed by atoms with E-state index in [0.717, 1.165) is 30.0 Å². The minimum Gasteiger partial charge on any atom is -0.462 e. The molecule has 0 fully saturated rings. The van der Waals surface area contributed by atoms with Gasteiger partial charge < -0.3 is 9.47 Å². The van der Waals surface area contributed by atoms with Crippen LogP contribution < -0.4 is 0 Å². The van der Waals surface area contributed by atoms with E-state index in [-0.39, 0.29) is 18.1 Å². The summed E-state index contributed by atoms with van der Waals surface area (Å²) < 4.78 is 11.5. The quantitative estimate of drug-likeness (QED) is 0.268. The van der Waals surface area contributed by atoms with Crippen LogP contribution >= 0.6 is 0 Å². The van der Waals surface area contributed by atoms with Gasteiger partial charge in [-0.2, -0.15) is 0 Å². The van der Waals surface area contributed by atoms with E-state index in [9.17, 15) is 19.7 Å². The van der Waals surface area contributed by atoms with Gasteiger partial charge in [-0.25, -0.2) is 4.79 Å². The maximum atomic E-state index is 13.5. The molecule has 8 nitrogen and oxygen atoms in total. The van der Waals surface area contributed by atoms with Crippen molar-refractivity contribution < 1.29 is 24.0 Å². The molecule has 0 amide bonds. The molecular formula is C27H24N2O6. The topological polar surface area (TPSA) is 109 Å². The highest BCUT2D eigenvalue weighted by Gasteiger charge is 2.50. The predicted molar refractivity (Wildman–Crippen MR) is 127 cm³/mol. The van der Waals surface area contributed by atoms with Crippen LogP contribution in [0.2, 0.25) is 0 Å². The lowest BCUT2D eigenvalue weighted by Gasteiger charge is -2.30. The van der Waals surface area contributed by atoms with E-state index in [1.807, 2.05) is 19.1 Å². The molecule has 4 rings (SSSR count). The van der Waals surface area contributed by atoms with Gasteiger partial charge in [-0.1, -0.05) is 38.1 Å². The van der Waals surface area contributed by atoms with Crippen molar-refractivity contribution >= 4 is 17.4 Å². The highest BCUT2D eigenvalue weighted by atomic mass is 16.6. The van der Waals surface area contributed by atoms with Crippen molar-refractivity contribution in [3.05, 3.63) is 117 Å². The minimum atomic E-state index is -1.66. The summed E-state index contributed by atoms with van der Waals surface area (Å²) in [5.74, 6) is -1.48. The highest BCUT2D eigenvalue weighted by Crippen LogP contribution is 2.42. The van der Waals surface area contributed by atoms with Gasteiger partial charge >= 0.3 is 5.97 Å². The van der Waals surface area contributed by atoms with Gasteiger partial charge in [0.25, 0.3) is 5.69 Å². The second-order valence-corrected chi connectivity index (χ2v) is 8.09. The number of carbonyl (C=O) groups is 2. The summed E-state index contributed by atoms with van der Waals surface area (Å²) in [6.45, 7) is 4.04. The fourth-order valence-corrected chi connectivity index (χ4v) is 4.18. The number of non-ortho nitro benzene ring substituents is 1. The van der Waals surface area contributed by atoms with Crippen LogP contribution in [0.3, 0.4) is 0 Å². The first-order valence-corrected chi connectivity index (χ1v) is 11.3. The van der Waals surface area contributed by atoms with Gasteiger partial charge in [-0.15, -0.1) is 0 Å². The smallest absolute Gasteiger partial charge is 0.374 e. The number of aromatic nitrogens is 1. The van der Waals surface area contributed by atoms with Crippen molar-refractivity contribution in [2.75, 3.05) is 0 Å². The van der Waals surface area contributed by atoms with Crippen LogP contribution in [-0.2, 0) is 44.1 Å². The first kappa shape index (κ1) is 23.8. The van der Waals surface area contributed by atoms with E-state index in [1.165, 1.54) is 24.3 Å². The number of nitro groups is 1. The lowest BCUT2D eigenvalue weighted by atomic mass is 9.81. The normalized spacial score (nSPS) is 17.0. The van der Waals surface area contributed by atoms with E-state index in [0.29, 0.717) is 16.7 Å². The molecule has 3 aromatic rings. The van der Waals surface area contributed by atoms with Gasteiger partial charge in [0, 0.05) is 47.3 Å². The highest BCUT2D eigenvalue weighted by molar-refractivity contribution is 6.08. The van der Waals surface area contributed by atoms with Gasteiger partial charge in [0.15, 0.2) is 0 Å². The molecule has 35 heavy (non-hydrogen) atoms. The Balaban J connectivity index is 1.72. The van der Waals surface area contributed by atoms with Crippen LogP contribution in [-0.4, -0.2) is 21.7 Å². The van der Waals surface area contributed by atoms with E-state index in [1.54, 1.807) is 30.6 Å². The molecule has 1 aliphatic heterocycles. The average Bonchev–Trinajstić information content (AvgIpc) is 3.25. The summed E-state index contributed by atoms with van der Waals surface area (Å²) in [6, 6.07) is 14.7. The SMILES string of the molecule is CCc1ccc(C2(c3ccc([N+](=O)[O-])cc3)OC(C(=O)OCc3cccnc3)=CC2=O)cc1CC. The minimum absolute atomic E-state index is 0.0305. The number of nitrogens with zero attached hydrogens (tertiary/aromatic N) is 2. The van der Waals surface area contributed by atoms with Crippen molar-refractivity contribution in [3.8, 4) is 0 Å². The van der Waals surface area contributed by atoms with E-state index in [2.05, 4.69) is 11.9 Å². The van der Waals surface area contributed by atoms with Crippen molar-refractivity contribution in [2.24, 2.45) is 0 Å². The van der Waals surface area contributed by atoms with Gasteiger partial charge in [-0.05, 0) is 42.2 Å². The Morgan fingerprint density at radius 1 is 1.06 bits per heavy atom. The summed E-state index contributed by atoms with van der Waals surface area (Å²) in [5.41, 5.74) is 2.03. The lowest BCUT2D eigenvalue weighted by Crippen LogP contribution is -2.35. The number of ketones is 1. The van der Waals surface area contributed by atoms with Gasteiger partial charge in [-0.3, -0.25) is 19.9 Å². The molecule has 1 aliphatic rings. The second kappa shape index (κ2) is 9.89. The van der Waals surface area contributed by atoms with Crippen molar-refractivity contribution in [2.45, 2.75) is 38.9 Å². The Morgan fingerprint density at radius 3 is 2.40 bits per heavy atom. The number of nitro benzene ring substituents is 1. The molecule has 0 spiro atoms. The fraction of sp³-hybridized carbons (Fsp3) is 0.222. The van der Waals surface area contributed by atoms with Gasteiger partial charge in [0.1, 0.15) is 6.61 Å². The zero-order chi connectivity index (χ0) is 25.0. The Hall–Kier alpha value is -4.33. The molecular weight excluding hydrogens is 448 g/mol. The maximum absolute atomic E-state index is 13.5. The van der Waals surface area contributed by atoms with Crippen LogP contribution in [0.25, 0.3) is 0 Å². The first-order chi connectivity index (χ1) is 16.9. The number of benzene rings is 2. The van der Waals surface area contributed by atoms with Crippen LogP contribution in [0.1, 0.15) is 41.7 Å². The van der Waals surface area contributed by atoms with Crippen LogP contribution in [0.5, 0.6) is 0 Å². The number of carbonyl (C=O) groups excluding carboxylic acids is 2. The van der Waals surface area contributed by atoms with Crippen LogP contribution in [0, 0.1) is 10.1 Å². The Labute approximate surface area is 202 Å². The van der Waals surface area contributed by atoms with Crippen LogP contribution in [0.4, 0.5) is 5.69 Å². The predicted octanol–water partition coefficient (Wildman–Crippen LogP) is 4.58. The second-order valence-electron chi connectivity index (χ2n) is 8.09. The Kier molecular flexibility index (Phi) is 6.73. The molecule has 178 valence electrons. The largest absolute Gasteiger partial charge is 0.462 e. The molecule has 2 aromatic carbocycles. The molecule has 0 aliphatic carbocycles. The molecule has 1 atom stereocenters. The number of hydrogen-bond donors (Lipinski definition) is 0. The summed E-state index contributed by atoms with van der Waals surface area (Å²) >= 11 is 0. The number of ether oxygens (including phenoxy) is 2.